The molecule has 1 saturated heterocycles. The van der Waals surface area contributed by atoms with Gasteiger partial charge in [-0.1, -0.05) is 91.0 Å². The van der Waals surface area contributed by atoms with Gasteiger partial charge < -0.3 is 28.4 Å². The lowest BCUT2D eigenvalue weighted by Gasteiger charge is -2.28. The molecule has 0 N–H and O–H groups in total. The molecule has 5 aromatic carbocycles. The third-order valence-corrected chi connectivity index (χ3v) is 7.97. The van der Waals surface area contributed by atoms with Crippen molar-refractivity contribution in [3.63, 3.8) is 0 Å². The van der Waals surface area contributed by atoms with E-state index in [0.29, 0.717) is 0 Å². The quantitative estimate of drug-likeness (QED) is 0.110. The molecule has 262 valence electrons. The van der Waals surface area contributed by atoms with Crippen molar-refractivity contribution in [1.82, 2.24) is 0 Å². The van der Waals surface area contributed by atoms with E-state index in [9.17, 15) is 24.0 Å². The molecule has 0 saturated carbocycles. The second-order valence-corrected chi connectivity index (χ2v) is 11.5. The largest absolute Gasteiger partial charge is 0.458 e. The Morgan fingerprint density at radius 2 is 0.788 bits per heavy atom. The molecule has 5 atom stereocenters. The lowest BCUT2D eigenvalue weighted by molar-refractivity contribution is -0.156. The lowest BCUT2D eigenvalue weighted by atomic mass is 10.0. The Labute approximate surface area is 298 Å². The number of hydrogen-bond donors (Lipinski definition) is 0. The average Bonchev–Trinajstić information content (AvgIpc) is 3.52. The molecule has 1 aliphatic heterocycles. The Hall–Kier alpha value is -6.59. The first-order valence-electron chi connectivity index (χ1n) is 16.3. The molecule has 0 bridgehead atoms. The number of carbonyl (C=O) groups is 5. The van der Waals surface area contributed by atoms with Crippen LogP contribution in [0.5, 0.6) is 0 Å². The molecule has 1 aliphatic rings. The molecule has 1 fully saturated rings. The van der Waals surface area contributed by atoms with Crippen molar-refractivity contribution in [3.8, 4) is 0 Å². The van der Waals surface area contributed by atoms with E-state index in [0.717, 1.165) is 0 Å². The summed E-state index contributed by atoms with van der Waals surface area (Å²) < 4.78 is 35.3. The van der Waals surface area contributed by atoms with Crippen LogP contribution in [0, 0.1) is 0 Å². The molecule has 0 aromatic heterocycles. The lowest BCUT2D eigenvalue weighted by Crippen LogP contribution is -2.47. The van der Waals surface area contributed by atoms with Crippen LogP contribution in [0.15, 0.2) is 152 Å². The van der Waals surface area contributed by atoms with Crippen LogP contribution < -0.4 is 0 Å². The van der Waals surface area contributed by atoms with Crippen LogP contribution >= 0.6 is 0 Å². The van der Waals surface area contributed by atoms with Gasteiger partial charge in [-0.05, 0) is 60.7 Å². The molecule has 0 radical (unpaired) electrons. The first-order chi connectivity index (χ1) is 25.4. The Kier molecular flexibility index (Phi) is 11.4. The summed E-state index contributed by atoms with van der Waals surface area (Å²) in [6.45, 7) is -0.588. The van der Waals surface area contributed by atoms with E-state index in [1.165, 1.54) is 48.5 Å². The zero-order chi connectivity index (χ0) is 36.3. The van der Waals surface area contributed by atoms with Crippen LogP contribution in [0.4, 0.5) is 0 Å². The molecular formula is C41H32O11. The van der Waals surface area contributed by atoms with E-state index >= 15 is 0 Å². The predicted molar refractivity (Wildman–Crippen MR) is 184 cm³/mol. The van der Waals surface area contributed by atoms with E-state index in [4.69, 9.17) is 28.4 Å². The Bertz CT molecular complexity index is 1970. The zero-order valence-corrected chi connectivity index (χ0v) is 27.5. The normalized spacial score (nSPS) is 18.3. The van der Waals surface area contributed by atoms with Crippen molar-refractivity contribution < 1.29 is 52.4 Å². The third kappa shape index (κ3) is 8.76. The van der Waals surface area contributed by atoms with Gasteiger partial charge in [0, 0.05) is 0 Å². The Morgan fingerprint density at radius 1 is 0.442 bits per heavy atom. The maximum atomic E-state index is 13.6. The maximum Gasteiger partial charge on any atom is 0.340 e. The van der Waals surface area contributed by atoms with Gasteiger partial charge in [0.15, 0.2) is 12.2 Å². The van der Waals surface area contributed by atoms with E-state index in [2.05, 4.69) is 0 Å². The first kappa shape index (κ1) is 35.2. The van der Waals surface area contributed by atoms with Gasteiger partial charge >= 0.3 is 29.8 Å². The van der Waals surface area contributed by atoms with Gasteiger partial charge in [-0.2, -0.15) is 0 Å². The number of hydrogen-bond acceptors (Lipinski definition) is 11. The smallest absolute Gasteiger partial charge is 0.340 e. The van der Waals surface area contributed by atoms with Gasteiger partial charge in [-0.15, -0.1) is 0 Å². The summed E-state index contributed by atoms with van der Waals surface area (Å²) in [5.41, 5.74) is 0.837. The maximum absolute atomic E-state index is 13.6. The predicted octanol–water partition coefficient (Wildman–Crippen LogP) is 6.10. The fourth-order valence-corrected chi connectivity index (χ4v) is 5.37. The molecule has 11 heteroatoms. The summed E-state index contributed by atoms with van der Waals surface area (Å²) >= 11 is 0. The monoisotopic (exact) mass is 700 g/mol. The molecule has 11 nitrogen and oxygen atoms in total. The highest BCUT2D eigenvalue weighted by Crippen LogP contribution is 2.33. The minimum absolute atomic E-state index is 0.146. The average molecular weight is 701 g/mol. The number of carbonyl (C=O) groups excluding carboxylic acids is 5. The standard InChI is InChI=1S/C41H32O11/c42-36(27-16-6-1-7-17-27)47-26-32(48-37(43)28-18-8-2-9-19-28)33-34(49-38(44)29-20-10-3-11-21-29)35(50-39(45)30-22-12-4-13-23-30)41(51-33)52-40(46)31-24-14-5-15-25-31/h1-25,32-35,41H,26H2/t32-,33+,34-,35+,41+/m0/s1. The highest BCUT2D eigenvalue weighted by Gasteiger charge is 2.56. The minimum Gasteiger partial charge on any atom is -0.458 e. The molecule has 0 aliphatic carbocycles. The van der Waals surface area contributed by atoms with Crippen molar-refractivity contribution in [2.24, 2.45) is 0 Å². The summed E-state index contributed by atoms with van der Waals surface area (Å²) in [7, 11) is 0. The van der Waals surface area contributed by atoms with Gasteiger partial charge in [0.25, 0.3) is 0 Å². The molecule has 0 amide bonds. The number of ether oxygens (including phenoxy) is 6. The minimum atomic E-state index is -1.68. The summed E-state index contributed by atoms with van der Waals surface area (Å²) in [6, 6.07) is 40.1. The Balaban J connectivity index is 1.38. The van der Waals surface area contributed by atoms with E-state index < -0.39 is 67.2 Å². The summed E-state index contributed by atoms with van der Waals surface area (Å²) in [4.78, 5) is 67.0. The van der Waals surface area contributed by atoms with Gasteiger partial charge in [0.05, 0.1) is 27.8 Å². The molecule has 52 heavy (non-hydrogen) atoms. The molecule has 5 aromatic rings. The number of rotatable bonds is 12. The highest BCUT2D eigenvalue weighted by molar-refractivity contribution is 5.92. The Morgan fingerprint density at radius 3 is 1.21 bits per heavy atom. The van der Waals surface area contributed by atoms with Crippen molar-refractivity contribution in [3.05, 3.63) is 179 Å². The zero-order valence-electron chi connectivity index (χ0n) is 27.5. The van der Waals surface area contributed by atoms with Gasteiger partial charge in [-0.3, -0.25) is 0 Å². The first-order valence-corrected chi connectivity index (χ1v) is 16.3. The summed E-state index contributed by atoms with van der Waals surface area (Å²) in [6.07, 6.45) is -7.79. The van der Waals surface area contributed by atoms with E-state index in [1.54, 1.807) is 103 Å². The van der Waals surface area contributed by atoms with Crippen LogP contribution in [0.2, 0.25) is 0 Å². The van der Waals surface area contributed by atoms with Crippen LogP contribution in [0.25, 0.3) is 0 Å². The molecule has 6 rings (SSSR count). The van der Waals surface area contributed by atoms with Crippen molar-refractivity contribution in [2.45, 2.75) is 30.7 Å². The van der Waals surface area contributed by atoms with Crippen molar-refractivity contribution in [1.29, 1.82) is 0 Å². The number of esters is 5. The van der Waals surface area contributed by atoms with Crippen LogP contribution in [0.3, 0.4) is 0 Å². The van der Waals surface area contributed by atoms with Gasteiger partial charge in [0.1, 0.15) is 12.7 Å². The van der Waals surface area contributed by atoms with Gasteiger partial charge in [-0.25, -0.2) is 24.0 Å². The van der Waals surface area contributed by atoms with Crippen LogP contribution in [-0.4, -0.2) is 67.2 Å². The number of benzene rings is 5. The second-order valence-electron chi connectivity index (χ2n) is 11.5. The fraction of sp³-hybridized carbons (Fsp3) is 0.146. The van der Waals surface area contributed by atoms with Gasteiger partial charge in [0.2, 0.25) is 12.4 Å². The van der Waals surface area contributed by atoms with Crippen LogP contribution in [-0.2, 0) is 28.4 Å². The molecule has 0 spiro atoms. The SMILES string of the molecule is O=C(OC[C@H](OC(=O)c1ccccc1)[C@H]1O[C@H](OC(=O)c2ccccc2)[C@H](OC(=O)c2ccccc2)[C@H]1OC(=O)c1ccccc1)c1ccccc1. The molecular weight excluding hydrogens is 668 g/mol. The second kappa shape index (κ2) is 16.9. The van der Waals surface area contributed by atoms with E-state index in [1.807, 2.05) is 0 Å². The molecule has 1 heterocycles. The van der Waals surface area contributed by atoms with Crippen molar-refractivity contribution >= 4 is 29.8 Å². The fourth-order valence-electron chi connectivity index (χ4n) is 5.37. The summed E-state index contributed by atoms with van der Waals surface area (Å²) in [5.74, 6) is -4.08. The van der Waals surface area contributed by atoms with Crippen LogP contribution in [0.1, 0.15) is 51.8 Å². The highest BCUT2D eigenvalue weighted by atomic mass is 16.8. The topological polar surface area (TPSA) is 141 Å². The van der Waals surface area contributed by atoms with E-state index in [-0.39, 0.29) is 27.8 Å². The third-order valence-electron chi connectivity index (χ3n) is 7.97. The van der Waals surface area contributed by atoms with Crippen molar-refractivity contribution in [2.75, 3.05) is 6.61 Å². The molecule has 0 unspecified atom stereocenters. The summed E-state index contributed by atoms with van der Waals surface area (Å²) in [5, 5.41) is 0.